The van der Waals surface area contributed by atoms with E-state index in [0.717, 1.165) is 30.3 Å². The van der Waals surface area contributed by atoms with Crippen LogP contribution in [-0.2, 0) is 43.4 Å². The number of fused-ring (bicyclic) bond motifs is 3. The van der Waals surface area contributed by atoms with Gasteiger partial charge in [0.25, 0.3) is 0 Å². The topological polar surface area (TPSA) is 107 Å². The van der Waals surface area contributed by atoms with E-state index in [9.17, 15) is 40.0 Å². The third kappa shape index (κ3) is 5.76. The standard InChI is InChI=1S/C34H33F5N2O5S/c35-23-9-12-25(13-10-23)47(44,45)33-16-17-41(32(43)21-6-4-20(5-7-21)31(40)42)30(33)15-8-22-18-24(11-14-27(22)33)46-19-26-28(34(37,38)39)2-1-3-29(26)36/h1-3,9-14,18,20-21,30H,4-8,15-17,19H2,(H2,40,42)/t20?,21?,30-,33-/m1/s1. The number of hydrogen-bond donors (Lipinski definition) is 1. The van der Waals surface area contributed by atoms with Crippen LogP contribution in [0.15, 0.2) is 65.6 Å². The van der Waals surface area contributed by atoms with Crippen LogP contribution in [0.1, 0.15) is 60.8 Å². The maximum absolute atomic E-state index is 14.6. The number of amides is 2. The van der Waals surface area contributed by atoms with Crippen LogP contribution >= 0.6 is 0 Å². The van der Waals surface area contributed by atoms with Crippen LogP contribution in [0.3, 0.4) is 0 Å². The molecule has 0 aromatic heterocycles. The second-order valence-electron chi connectivity index (χ2n) is 12.5. The normalized spacial score (nSPS) is 24.4. The molecule has 3 aliphatic rings. The Balaban J connectivity index is 1.35. The van der Waals surface area contributed by atoms with E-state index < -0.39 is 62.1 Å². The van der Waals surface area contributed by atoms with Crippen molar-refractivity contribution >= 4 is 21.7 Å². The van der Waals surface area contributed by atoms with E-state index in [2.05, 4.69) is 0 Å². The van der Waals surface area contributed by atoms with Crippen molar-refractivity contribution in [3.05, 3.63) is 94.6 Å². The van der Waals surface area contributed by atoms with Gasteiger partial charge < -0.3 is 15.4 Å². The number of sulfone groups is 1. The first kappa shape index (κ1) is 32.9. The molecule has 0 radical (unpaired) electrons. The molecule has 47 heavy (non-hydrogen) atoms. The Morgan fingerprint density at radius 1 is 0.936 bits per heavy atom. The first-order chi connectivity index (χ1) is 22.2. The molecule has 1 aliphatic heterocycles. The zero-order chi connectivity index (χ0) is 33.7. The highest BCUT2D eigenvalue weighted by Gasteiger charge is 2.61. The molecule has 13 heteroatoms. The SMILES string of the molecule is NC(=O)C1CCC(C(=O)N2CC[C@@]3(S(=O)(=O)c4ccc(F)cc4)c4ccc(OCc5c(F)cccc5C(F)(F)F)cc4CC[C@@H]23)CC1. The van der Waals surface area contributed by atoms with Crippen LogP contribution in [0.5, 0.6) is 5.75 Å². The second kappa shape index (κ2) is 12.2. The number of benzene rings is 3. The van der Waals surface area contributed by atoms with Gasteiger partial charge >= 0.3 is 6.18 Å². The molecule has 0 bridgehead atoms. The van der Waals surface area contributed by atoms with Crippen LogP contribution in [0.4, 0.5) is 22.0 Å². The summed E-state index contributed by atoms with van der Waals surface area (Å²) in [6, 6.07) is 11.0. The van der Waals surface area contributed by atoms with Crippen LogP contribution in [0.25, 0.3) is 0 Å². The fourth-order valence-electron chi connectivity index (χ4n) is 7.67. The first-order valence-corrected chi connectivity index (χ1v) is 16.9. The Morgan fingerprint density at radius 3 is 2.28 bits per heavy atom. The van der Waals surface area contributed by atoms with E-state index in [1.165, 1.54) is 18.2 Å². The molecular formula is C34H33F5N2O5S. The summed E-state index contributed by atoms with van der Waals surface area (Å²) in [5.74, 6) is -2.80. The molecule has 2 atom stereocenters. The van der Waals surface area contributed by atoms with E-state index in [1.54, 1.807) is 17.0 Å². The molecule has 1 heterocycles. The van der Waals surface area contributed by atoms with Gasteiger partial charge in [-0.15, -0.1) is 0 Å². The van der Waals surface area contributed by atoms with Gasteiger partial charge in [-0.1, -0.05) is 12.1 Å². The summed E-state index contributed by atoms with van der Waals surface area (Å²) in [5.41, 5.74) is 4.67. The van der Waals surface area contributed by atoms with Crippen LogP contribution in [0.2, 0.25) is 0 Å². The summed E-state index contributed by atoms with van der Waals surface area (Å²) in [6.07, 6.45) is -2.24. The number of halogens is 5. The molecule has 3 aromatic carbocycles. The molecule has 2 aliphatic carbocycles. The quantitative estimate of drug-likeness (QED) is 0.242. The number of carbonyl (C=O) groups excluding carboxylic acids is 2. The Kier molecular flexibility index (Phi) is 8.56. The molecule has 0 spiro atoms. The van der Waals surface area contributed by atoms with Gasteiger partial charge in [0.05, 0.1) is 16.5 Å². The fourth-order valence-corrected chi connectivity index (χ4v) is 10.0. The van der Waals surface area contributed by atoms with E-state index in [-0.39, 0.29) is 47.8 Å². The van der Waals surface area contributed by atoms with Crippen LogP contribution in [-0.4, -0.2) is 37.7 Å². The van der Waals surface area contributed by atoms with E-state index >= 15 is 0 Å². The highest BCUT2D eigenvalue weighted by Crippen LogP contribution is 2.54. The number of nitrogens with zero attached hydrogens (tertiary/aromatic N) is 1. The summed E-state index contributed by atoms with van der Waals surface area (Å²) in [4.78, 5) is 27.1. The smallest absolute Gasteiger partial charge is 0.416 e. The predicted octanol–water partition coefficient (Wildman–Crippen LogP) is 6.07. The minimum atomic E-state index is -4.79. The maximum atomic E-state index is 14.6. The van der Waals surface area contributed by atoms with Gasteiger partial charge in [0.1, 0.15) is 28.7 Å². The second-order valence-corrected chi connectivity index (χ2v) is 14.7. The Bertz CT molecular complexity index is 1810. The summed E-state index contributed by atoms with van der Waals surface area (Å²) in [6.45, 7) is -0.549. The molecular weight excluding hydrogens is 643 g/mol. The number of likely N-dealkylation sites (tertiary alicyclic amines) is 1. The fraction of sp³-hybridized carbons (Fsp3) is 0.412. The largest absolute Gasteiger partial charge is 0.489 e. The molecule has 2 fully saturated rings. The number of alkyl halides is 3. The minimum absolute atomic E-state index is 0.0666. The number of primary amides is 1. The predicted molar refractivity (Wildman–Crippen MR) is 161 cm³/mol. The van der Waals surface area contributed by atoms with Gasteiger partial charge in [-0.05, 0) is 105 Å². The number of nitrogens with two attached hydrogens (primary N) is 1. The van der Waals surface area contributed by atoms with Gasteiger partial charge in [0.15, 0.2) is 9.84 Å². The van der Waals surface area contributed by atoms with Crippen molar-refractivity contribution < 1.29 is 44.7 Å². The zero-order valence-corrected chi connectivity index (χ0v) is 26.0. The molecule has 250 valence electrons. The summed E-state index contributed by atoms with van der Waals surface area (Å²) in [5, 5.41) is 0. The van der Waals surface area contributed by atoms with Gasteiger partial charge in [0.2, 0.25) is 11.8 Å². The van der Waals surface area contributed by atoms with E-state index in [1.807, 2.05) is 0 Å². The van der Waals surface area contributed by atoms with Gasteiger partial charge in [-0.3, -0.25) is 9.59 Å². The maximum Gasteiger partial charge on any atom is 0.416 e. The molecule has 1 saturated carbocycles. The van der Waals surface area contributed by atoms with E-state index in [4.69, 9.17) is 10.5 Å². The molecule has 6 rings (SSSR count). The summed E-state index contributed by atoms with van der Waals surface area (Å²) in [7, 11) is -4.24. The zero-order valence-electron chi connectivity index (χ0n) is 25.2. The number of hydrogen-bond acceptors (Lipinski definition) is 5. The minimum Gasteiger partial charge on any atom is -0.489 e. The monoisotopic (exact) mass is 676 g/mol. The lowest BCUT2D eigenvalue weighted by atomic mass is 9.77. The van der Waals surface area contributed by atoms with Crippen molar-refractivity contribution in [2.45, 2.75) is 73.4 Å². The molecule has 7 nitrogen and oxygen atoms in total. The summed E-state index contributed by atoms with van der Waals surface area (Å²) < 4.78 is 102. The van der Waals surface area contributed by atoms with Crippen molar-refractivity contribution in [1.29, 1.82) is 0 Å². The highest BCUT2D eigenvalue weighted by molar-refractivity contribution is 7.92. The number of ether oxygens (including phenoxy) is 1. The first-order valence-electron chi connectivity index (χ1n) is 15.4. The van der Waals surface area contributed by atoms with Gasteiger partial charge in [0, 0.05) is 23.9 Å². The highest BCUT2D eigenvalue weighted by atomic mass is 32.2. The lowest BCUT2D eigenvalue weighted by molar-refractivity contribution is -0.139. The lowest BCUT2D eigenvalue weighted by Crippen LogP contribution is -2.53. The van der Waals surface area contributed by atoms with Gasteiger partial charge in [-0.25, -0.2) is 17.2 Å². The molecule has 1 saturated heterocycles. The Labute approximate surface area is 268 Å². The number of aryl methyl sites for hydroxylation is 1. The summed E-state index contributed by atoms with van der Waals surface area (Å²) >= 11 is 0. The Hall–Kier alpha value is -4.00. The van der Waals surface area contributed by atoms with Gasteiger partial charge in [-0.2, -0.15) is 13.2 Å². The average Bonchev–Trinajstić information content (AvgIpc) is 3.45. The molecule has 2 amide bonds. The average molecular weight is 677 g/mol. The molecule has 0 unspecified atom stereocenters. The van der Waals surface area contributed by atoms with E-state index in [0.29, 0.717) is 43.2 Å². The molecule has 2 N–H and O–H groups in total. The van der Waals surface area contributed by atoms with Crippen molar-refractivity contribution in [1.82, 2.24) is 4.90 Å². The lowest BCUT2D eigenvalue weighted by Gasteiger charge is -2.43. The third-order valence-corrected chi connectivity index (χ3v) is 12.6. The van der Waals surface area contributed by atoms with Crippen LogP contribution in [0, 0.1) is 23.5 Å². The number of rotatable bonds is 7. The molecule has 3 aromatic rings. The van der Waals surface area contributed by atoms with Crippen molar-refractivity contribution in [2.75, 3.05) is 6.54 Å². The van der Waals surface area contributed by atoms with Crippen LogP contribution < -0.4 is 10.5 Å². The number of carbonyl (C=O) groups is 2. The third-order valence-electron chi connectivity index (χ3n) is 10.0. The van der Waals surface area contributed by atoms with Crippen molar-refractivity contribution in [2.24, 2.45) is 17.6 Å². The van der Waals surface area contributed by atoms with Crippen molar-refractivity contribution in [3.8, 4) is 5.75 Å². The van der Waals surface area contributed by atoms with Crippen molar-refractivity contribution in [3.63, 3.8) is 0 Å². The Morgan fingerprint density at radius 2 is 1.62 bits per heavy atom.